The fourth-order valence-corrected chi connectivity index (χ4v) is 6.99. The molecule has 4 nitrogen and oxygen atoms in total. The van der Waals surface area contributed by atoms with Gasteiger partial charge in [-0.2, -0.15) is 5.26 Å². The summed E-state index contributed by atoms with van der Waals surface area (Å²) in [6.45, 7) is 0. The molecular formula is C46H28N4. The van der Waals surface area contributed by atoms with Crippen LogP contribution in [0.1, 0.15) is 5.56 Å². The molecule has 0 unspecified atom stereocenters. The Morgan fingerprint density at radius 3 is 1.36 bits per heavy atom. The maximum atomic E-state index is 9.78. The molecule has 2 heterocycles. The molecule has 0 bridgehead atoms. The Hall–Kier alpha value is -6.96. The van der Waals surface area contributed by atoms with Crippen molar-refractivity contribution in [1.82, 2.24) is 15.0 Å². The Bertz CT molecular complexity index is 2650. The van der Waals surface area contributed by atoms with Crippen LogP contribution >= 0.6 is 0 Å². The number of hydrogen-bond acceptors (Lipinski definition) is 4. The normalized spacial score (nSPS) is 11.2. The fraction of sp³-hybridized carbons (Fsp3) is 0. The first-order chi connectivity index (χ1) is 24.7. The van der Waals surface area contributed by atoms with E-state index in [2.05, 4.69) is 115 Å². The molecule has 4 heteroatoms. The van der Waals surface area contributed by atoms with E-state index in [4.69, 9.17) is 15.0 Å². The van der Waals surface area contributed by atoms with Crippen molar-refractivity contribution in [3.63, 3.8) is 0 Å². The average Bonchev–Trinajstić information content (AvgIpc) is 3.20. The number of nitriles is 1. The molecule has 7 aromatic carbocycles. The van der Waals surface area contributed by atoms with E-state index in [-0.39, 0.29) is 0 Å². The molecule has 0 fully saturated rings. The van der Waals surface area contributed by atoms with E-state index in [1.807, 2.05) is 60.7 Å². The van der Waals surface area contributed by atoms with Gasteiger partial charge in [-0.25, -0.2) is 15.0 Å². The van der Waals surface area contributed by atoms with E-state index in [0.717, 1.165) is 88.7 Å². The molecule has 232 valence electrons. The lowest BCUT2D eigenvalue weighted by atomic mass is 9.86. The molecule has 9 rings (SSSR count). The molecule has 0 saturated heterocycles. The van der Waals surface area contributed by atoms with Crippen molar-refractivity contribution in [2.75, 3.05) is 0 Å². The lowest BCUT2D eigenvalue weighted by Crippen LogP contribution is -1.99. The molecule has 0 saturated carbocycles. The van der Waals surface area contributed by atoms with Crippen molar-refractivity contribution in [1.29, 1.82) is 5.26 Å². The number of benzene rings is 7. The van der Waals surface area contributed by atoms with E-state index in [1.165, 1.54) is 0 Å². The summed E-state index contributed by atoms with van der Waals surface area (Å²) in [5, 5.41) is 14.1. The summed E-state index contributed by atoms with van der Waals surface area (Å²) in [6.07, 6.45) is 0. The summed E-state index contributed by atoms with van der Waals surface area (Å²) in [4.78, 5) is 15.7. The highest BCUT2D eigenvalue weighted by atomic mass is 14.8. The van der Waals surface area contributed by atoms with Crippen LogP contribution in [0.3, 0.4) is 0 Å². The van der Waals surface area contributed by atoms with Gasteiger partial charge in [-0.1, -0.05) is 133 Å². The predicted molar refractivity (Wildman–Crippen MR) is 204 cm³/mol. The molecule has 50 heavy (non-hydrogen) atoms. The number of hydrogen-bond donors (Lipinski definition) is 0. The molecule has 0 N–H and O–H groups in total. The topological polar surface area (TPSA) is 62.5 Å². The highest BCUT2D eigenvalue weighted by Gasteiger charge is 2.22. The SMILES string of the molecule is N#Cc1cccc(-c2nc3ccccc3nc2-c2c3ccccc3c(-c3cc(-c4ccccc4)nc(-c4ccccc4)c3)c3ccccc23)c1. The van der Waals surface area contributed by atoms with E-state index < -0.39 is 0 Å². The Morgan fingerprint density at radius 1 is 0.360 bits per heavy atom. The monoisotopic (exact) mass is 636 g/mol. The van der Waals surface area contributed by atoms with Gasteiger partial charge in [0, 0.05) is 22.3 Å². The summed E-state index contributed by atoms with van der Waals surface area (Å²) in [7, 11) is 0. The standard InChI is InChI=1S/C46H28N4/c47-29-30-14-13-19-33(26-30)45-46(50-40-25-12-11-24-39(40)49-45)44-37-22-9-7-20-35(37)43(36-21-8-10-23-38(36)44)34-27-41(31-15-3-1-4-16-31)48-42(28-34)32-17-5-2-6-18-32/h1-28H. The second-order valence-corrected chi connectivity index (χ2v) is 12.3. The third-order valence-corrected chi connectivity index (χ3v) is 9.26. The van der Waals surface area contributed by atoms with Gasteiger partial charge >= 0.3 is 0 Å². The Kier molecular flexibility index (Phi) is 7.15. The summed E-state index contributed by atoms with van der Waals surface area (Å²) in [6, 6.07) is 60.2. The zero-order valence-corrected chi connectivity index (χ0v) is 27.0. The predicted octanol–water partition coefficient (Wildman–Crippen LogP) is 11.5. The van der Waals surface area contributed by atoms with Crippen LogP contribution in [0.25, 0.3) is 88.7 Å². The van der Waals surface area contributed by atoms with Gasteiger partial charge in [-0.05, 0) is 69.1 Å². The van der Waals surface area contributed by atoms with Gasteiger partial charge in [-0.3, -0.25) is 0 Å². The van der Waals surface area contributed by atoms with Crippen molar-refractivity contribution < 1.29 is 0 Å². The highest BCUT2D eigenvalue weighted by molar-refractivity contribution is 6.22. The van der Waals surface area contributed by atoms with Crippen LogP contribution in [-0.4, -0.2) is 15.0 Å². The molecular weight excluding hydrogens is 609 g/mol. The van der Waals surface area contributed by atoms with Gasteiger partial charge in [0.05, 0.1) is 45.4 Å². The maximum Gasteiger partial charge on any atom is 0.0991 e. The molecule has 0 spiro atoms. The minimum atomic E-state index is 0.578. The molecule has 0 aliphatic rings. The quantitative estimate of drug-likeness (QED) is 0.176. The summed E-state index contributed by atoms with van der Waals surface area (Å²) >= 11 is 0. The Morgan fingerprint density at radius 2 is 0.820 bits per heavy atom. The van der Waals surface area contributed by atoms with E-state index in [1.54, 1.807) is 0 Å². The van der Waals surface area contributed by atoms with Gasteiger partial charge in [-0.15, -0.1) is 0 Å². The van der Waals surface area contributed by atoms with Gasteiger partial charge in [0.1, 0.15) is 0 Å². The molecule has 0 amide bonds. The second kappa shape index (κ2) is 12.2. The lowest BCUT2D eigenvalue weighted by Gasteiger charge is -2.20. The van der Waals surface area contributed by atoms with Crippen LogP contribution in [0.2, 0.25) is 0 Å². The molecule has 0 aliphatic carbocycles. The number of nitrogens with zero attached hydrogens (tertiary/aromatic N) is 4. The van der Waals surface area contributed by atoms with Crippen molar-refractivity contribution in [2.45, 2.75) is 0 Å². The van der Waals surface area contributed by atoms with Crippen LogP contribution in [0, 0.1) is 11.3 Å². The van der Waals surface area contributed by atoms with Gasteiger partial charge in [0.15, 0.2) is 0 Å². The number of fused-ring (bicyclic) bond motifs is 3. The smallest absolute Gasteiger partial charge is 0.0991 e. The molecule has 0 radical (unpaired) electrons. The summed E-state index contributed by atoms with van der Waals surface area (Å²) < 4.78 is 0. The number of aromatic nitrogens is 3. The van der Waals surface area contributed by atoms with Gasteiger partial charge in [0.25, 0.3) is 0 Å². The lowest BCUT2D eigenvalue weighted by molar-refractivity contribution is 1.30. The van der Waals surface area contributed by atoms with Crippen LogP contribution in [0.4, 0.5) is 0 Å². The Balaban J connectivity index is 1.39. The number of rotatable bonds is 5. The van der Waals surface area contributed by atoms with E-state index in [9.17, 15) is 5.26 Å². The maximum absolute atomic E-state index is 9.78. The second-order valence-electron chi connectivity index (χ2n) is 12.3. The Labute approximate surface area is 289 Å². The average molecular weight is 637 g/mol. The van der Waals surface area contributed by atoms with Crippen LogP contribution in [0.15, 0.2) is 170 Å². The van der Waals surface area contributed by atoms with Crippen LogP contribution in [0.5, 0.6) is 0 Å². The molecule has 0 aliphatic heterocycles. The number of para-hydroxylation sites is 2. The highest BCUT2D eigenvalue weighted by Crippen LogP contribution is 2.46. The van der Waals surface area contributed by atoms with Crippen LogP contribution in [-0.2, 0) is 0 Å². The molecule has 2 aromatic heterocycles. The fourth-order valence-electron chi connectivity index (χ4n) is 6.99. The van der Waals surface area contributed by atoms with Crippen molar-refractivity contribution >= 4 is 32.6 Å². The summed E-state index contributed by atoms with van der Waals surface area (Å²) in [5.41, 5.74) is 11.8. The summed E-state index contributed by atoms with van der Waals surface area (Å²) in [5.74, 6) is 0. The van der Waals surface area contributed by atoms with Crippen LogP contribution < -0.4 is 0 Å². The zero-order chi connectivity index (χ0) is 33.4. The van der Waals surface area contributed by atoms with Gasteiger partial charge < -0.3 is 0 Å². The largest absolute Gasteiger partial charge is 0.248 e. The van der Waals surface area contributed by atoms with E-state index in [0.29, 0.717) is 5.56 Å². The first-order valence-electron chi connectivity index (χ1n) is 16.6. The number of pyridine rings is 1. The van der Waals surface area contributed by atoms with Crippen molar-refractivity contribution in [2.24, 2.45) is 0 Å². The minimum Gasteiger partial charge on any atom is -0.248 e. The van der Waals surface area contributed by atoms with Crippen molar-refractivity contribution in [3.8, 4) is 62.2 Å². The molecule has 0 atom stereocenters. The first kappa shape index (κ1) is 29.2. The third kappa shape index (κ3) is 5.06. The molecule has 9 aromatic rings. The third-order valence-electron chi connectivity index (χ3n) is 9.26. The minimum absolute atomic E-state index is 0.578. The van der Waals surface area contributed by atoms with E-state index >= 15 is 0 Å². The zero-order valence-electron chi connectivity index (χ0n) is 27.0. The van der Waals surface area contributed by atoms with Crippen molar-refractivity contribution in [3.05, 3.63) is 175 Å². The first-order valence-corrected chi connectivity index (χ1v) is 16.6. The van der Waals surface area contributed by atoms with Gasteiger partial charge in [0.2, 0.25) is 0 Å².